The first-order valence-electron chi connectivity index (χ1n) is 16.5. The number of nitrogens with one attached hydrogen (secondary N) is 1. The van der Waals surface area contributed by atoms with Crippen LogP contribution in [0.25, 0.3) is 0 Å². The number of para-hydroxylation sites is 1. The molecule has 4 amide bonds. The van der Waals surface area contributed by atoms with Gasteiger partial charge in [-0.25, -0.2) is 4.79 Å². The van der Waals surface area contributed by atoms with Crippen molar-refractivity contribution in [2.45, 2.75) is 44.3 Å². The lowest BCUT2D eigenvalue weighted by Gasteiger charge is -2.39. The number of amides is 4. The largest absolute Gasteiger partial charge is 0.418 e. The molecule has 2 aromatic carbocycles. The summed E-state index contributed by atoms with van der Waals surface area (Å²) in [6.45, 7) is 3.28. The van der Waals surface area contributed by atoms with E-state index in [4.69, 9.17) is 17.3 Å². The van der Waals surface area contributed by atoms with Gasteiger partial charge in [0.15, 0.2) is 0 Å². The molecular weight excluding hydrogens is 659 g/mol. The number of carbonyl (C=O) groups excluding carboxylic acids is 3. The minimum atomic E-state index is -4.74. The number of piperidine rings is 1. The Hall–Kier alpha value is -4.52. The Bertz CT molecular complexity index is 1680. The normalized spacial score (nSPS) is 18.1. The lowest BCUT2D eigenvalue weighted by atomic mass is 9.92. The SMILES string of the molecule is Nc1c(Cl)cc(CC(CC(=O)N2CCC(N3CCc4ccccc4NC3=O)CC2)C(=O)N2CCN(c3ccncc3)CC2)cc1C(F)(F)F. The number of anilines is 3. The number of aromatic nitrogens is 1. The Morgan fingerprint density at radius 2 is 1.65 bits per heavy atom. The number of hydrogen-bond donors (Lipinski definition) is 2. The van der Waals surface area contributed by atoms with Gasteiger partial charge in [-0.05, 0) is 67.1 Å². The first-order valence-corrected chi connectivity index (χ1v) is 16.9. The first kappa shape index (κ1) is 34.3. The molecule has 6 rings (SSSR count). The maximum Gasteiger partial charge on any atom is 0.418 e. The average Bonchev–Trinajstić information content (AvgIpc) is 3.27. The summed E-state index contributed by atoms with van der Waals surface area (Å²) in [7, 11) is 0. The van der Waals surface area contributed by atoms with E-state index in [1.165, 1.54) is 6.07 Å². The van der Waals surface area contributed by atoms with Gasteiger partial charge >= 0.3 is 12.2 Å². The number of likely N-dealkylation sites (tertiary alicyclic amines) is 1. The van der Waals surface area contributed by atoms with E-state index in [0.717, 1.165) is 29.4 Å². The molecule has 3 aliphatic heterocycles. The molecule has 4 heterocycles. The number of pyridine rings is 1. The average molecular weight is 698 g/mol. The van der Waals surface area contributed by atoms with Crippen LogP contribution in [0.15, 0.2) is 60.9 Å². The molecule has 260 valence electrons. The molecule has 1 unspecified atom stereocenters. The quantitative estimate of drug-likeness (QED) is 0.324. The molecule has 0 spiro atoms. The minimum absolute atomic E-state index is 0.0507. The zero-order chi connectivity index (χ0) is 34.7. The van der Waals surface area contributed by atoms with Gasteiger partial charge in [0.25, 0.3) is 0 Å². The van der Waals surface area contributed by atoms with Crippen molar-refractivity contribution >= 4 is 46.5 Å². The molecule has 2 saturated heterocycles. The fraction of sp³-hybridized carbons (Fsp3) is 0.429. The number of nitrogens with two attached hydrogens (primary N) is 1. The second-order valence-electron chi connectivity index (χ2n) is 12.8. The number of fused-ring (bicyclic) bond motifs is 1. The van der Waals surface area contributed by atoms with Crippen molar-refractivity contribution in [1.82, 2.24) is 19.7 Å². The van der Waals surface area contributed by atoms with Gasteiger partial charge < -0.3 is 30.7 Å². The summed E-state index contributed by atoms with van der Waals surface area (Å²) in [5.74, 6) is -1.45. The van der Waals surface area contributed by atoms with Crippen molar-refractivity contribution < 1.29 is 27.6 Å². The second-order valence-corrected chi connectivity index (χ2v) is 13.2. The summed E-state index contributed by atoms with van der Waals surface area (Å²) in [5, 5.41) is 2.75. The molecule has 3 aromatic rings. The van der Waals surface area contributed by atoms with Crippen molar-refractivity contribution in [3.8, 4) is 0 Å². The highest BCUT2D eigenvalue weighted by atomic mass is 35.5. The van der Waals surface area contributed by atoms with Gasteiger partial charge in [0, 0.05) is 82.0 Å². The van der Waals surface area contributed by atoms with Crippen LogP contribution in [-0.2, 0) is 28.6 Å². The molecule has 2 fully saturated rings. The number of nitrogen functional groups attached to an aromatic ring is 1. The summed E-state index contributed by atoms with van der Waals surface area (Å²) < 4.78 is 41.4. The Morgan fingerprint density at radius 3 is 2.35 bits per heavy atom. The van der Waals surface area contributed by atoms with Gasteiger partial charge in [-0.2, -0.15) is 13.2 Å². The van der Waals surface area contributed by atoms with Crippen molar-refractivity contribution in [2.24, 2.45) is 5.92 Å². The lowest BCUT2D eigenvalue weighted by Crippen LogP contribution is -2.52. The molecule has 10 nitrogen and oxygen atoms in total. The third kappa shape index (κ3) is 7.87. The van der Waals surface area contributed by atoms with Crippen LogP contribution in [0, 0.1) is 5.92 Å². The highest BCUT2D eigenvalue weighted by molar-refractivity contribution is 6.33. The third-order valence-corrected chi connectivity index (χ3v) is 10.1. The molecule has 1 atom stereocenters. The molecule has 14 heteroatoms. The lowest BCUT2D eigenvalue weighted by molar-refractivity contribution is -0.142. The number of rotatable bonds is 7. The predicted octanol–water partition coefficient (Wildman–Crippen LogP) is 5.31. The number of hydrogen-bond acceptors (Lipinski definition) is 6. The molecule has 0 bridgehead atoms. The number of carbonyl (C=O) groups is 3. The van der Waals surface area contributed by atoms with Gasteiger partial charge in [0.1, 0.15) is 0 Å². The van der Waals surface area contributed by atoms with Crippen LogP contribution in [0.2, 0.25) is 5.02 Å². The zero-order valence-corrected chi connectivity index (χ0v) is 27.7. The third-order valence-electron chi connectivity index (χ3n) is 9.77. The first-order chi connectivity index (χ1) is 23.5. The minimum Gasteiger partial charge on any atom is -0.397 e. The number of alkyl halides is 3. The number of urea groups is 1. The summed E-state index contributed by atoms with van der Waals surface area (Å²) in [5.41, 5.74) is 7.06. The van der Waals surface area contributed by atoms with E-state index in [1.54, 1.807) is 22.2 Å². The van der Waals surface area contributed by atoms with E-state index in [1.807, 2.05) is 41.3 Å². The molecule has 3 aliphatic rings. The van der Waals surface area contributed by atoms with Gasteiger partial charge in [-0.3, -0.25) is 14.6 Å². The molecule has 0 saturated carbocycles. The number of halogens is 4. The van der Waals surface area contributed by atoms with E-state index in [2.05, 4.69) is 15.2 Å². The van der Waals surface area contributed by atoms with Gasteiger partial charge in [0.2, 0.25) is 11.8 Å². The number of piperazine rings is 1. The van der Waals surface area contributed by atoms with Crippen molar-refractivity contribution in [1.29, 1.82) is 0 Å². The van der Waals surface area contributed by atoms with Crippen LogP contribution < -0.4 is 16.0 Å². The highest BCUT2D eigenvalue weighted by Crippen LogP contribution is 2.38. The predicted molar refractivity (Wildman–Crippen MR) is 181 cm³/mol. The topological polar surface area (TPSA) is 115 Å². The standard InChI is InChI=1S/C35H39ClF3N7O3/c36-29-21-23(20-28(32(29)40)35(37,38)39)19-25(33(48)45-17-15-43(16-18-45)26-5-10-41-11-6-26)22-31(47)44-12-8-27(9-13-44)46-14-7-24-3-1-2-4-30(24)42-34(46)49/h1-6,10-11,20-21,25,27H,7-9,12-19,22,40H2,(H,42,49). The molecule has 1 aromatic heterocycles. The fourth-order valence-electron chi connectivity index (χ4n) is 7.06. The van der Waals surface area contributed by atoms with Crippen LogP contribution in [0.3, 0.4) is 0 Å². The van der Waals surface area contributed by atoms with Crippen molar-refractivity contribution in [2.75, 3.05) is 61.8 Å². The van der Waals surface area contributed by atoms with Gasteiger partial charge in [-0.1, -0.05) is 29.8 Å². The summed E-state index contributed by atoms with van der Waals surface area (Å²) >= 11 is 6.13. The van der Waals surface area contributed by atoms with E-state index in [-0.39, 0.29) is 47.3 Å². The Balaban J connectivity index is 1.14. The smallest absolute Gasteiger partial charge is 0.397 e. The van der Waals surface area contributed by atoms with E-state index >= 15 is 0 Å². The van der Waals surface area contributed by atoms with E-state index in [9.17, 15) is 27.6 Å². The Labute approximate surface area is 288 Å². The van der Waals surface area contributed by atoms with Crippen LogP contribution in [0.4, 0.5) is 35.0 Å². The Kier molecular flexibility index (Phi) is 10.2. The Morgan fingerprint density at radius 1 is 0.959 bits per heavy atom. The molecule has 0 radical (unpaired) electrons. The van der Waals surface area contributed by atoms with E-state index < -0.39 is 23.3 Å². The van der Waals surface area contributed by atoms with Gasteiger partial charge in [-0.15, -0.1) is 0 Å². The van der Waals surface area contributed by atoms with Crippen LogP contribution in [0.5, 0.6) is 0 Å². The summed E-state index contributed by atoms with van der Waals surface area (Å²) in [4.78, 5) is 52.2. The van der Waals surface area contributed by atoms with Crippen molar-refractivity contribution in [3.05, 3.63) is 82.6 Å². The maximum atomic E-state index is 14.0. The van der Waals surface area contributed by atoms with Crippen LogP contribution in [0.1, 0.15) is 36.0 Å². The van der Waals surface area contributed by atoms with Gasteiger partial charge in [0.05, 0.1) is 22.2 Å². The summed E-state index contributed by atoms with van der Waals surface area (Å²) in [6, 6.07) is 13.6. The second kappa shape index (κ2) is 14.5. The van der Waals surface area contributed by atoms with Crippen molar-refractivity contribution in [3.63, 3.8) is 0 Å². The molecule has 3 N–H and O–H groups in total. The van der Waals surface area contributed by atoms with Crippen LogP contribution in [-0.4, -0.2) is 89.4 Å². The number of benzene rings is 2. The molecular formula is C35H39ClF3N7O3. The monoisotopic (exact) mass is 697 g/mol. The van der Waals surface area contributed by atoms with E-state index in [0.29, 0.717) is 58.7 Å². The van der Waals surface area contributed by atoms with Crippen LogP contribution >= 0.6 is 11.6 Å². The summed E-state index contributed by atoms with van der Waals surface area (Å²) in [6.07, 6.45) is 0.263. The molecule has 49 heavy (non-hydrogen) atoms. The number of nitrogens with zero attached hydrogens (tertiary/aromatic N) is 5. The fourth-order valence-corrected chi connectivity index (χ4v) is 7.30. The molecule has 0 aliphatic carbocycles. The zero-order valence-electron chi connectivity index (χ0n) is 27.0. The highest BCUT2D eigenvalue weighted by Gasteiger charge is 2.37. The maximum absolute atomic E-state index is 14.0.